The van der Waals surface area contributed by atoms with Crippen molar-refractivity contribution in [3.05, 3.63) is 72.3 Å². The summed E-state index contributed by atoms with van der Waals surface area (Å²) in [5, 5.41) is 17.5. The molecular formula is C26H29N11. The minimum absolute atomic E-state index is 0.443. The topological polar surface area (TPSA) is 106 Å². The van der Waals surface area contributed by atoms with E-state index < -0.39 is 0 Å². The first-order chi connectivity index (χ1) is 18.2. The monoisotopic (exact) mass is 495 g/mol. The number of nitrogens with one attached hydrogen (secondary N) is 1. The number of anilines is 2. The van der Waals surface area contributed by atoms with Gasteiger partial charge in [0.15, 0.2) is 5.65 Å². The van der Waals surface area contributed by atoms with E-state index in [0.29, 0.717) is 19.0 Å². The Balaban J connectivity index is 1.29. The van der Waals surface area contributed by atoms with Crippen molar-refractivity contribution in [2.45, 2.75) is 13.1 Å². The SMILES string of the molecule is CNc1ncc2c(-c3ccc(N4CCN(C)CC4)nc3)nn(Cc3cn(Cc4ccccc4)nn3)c2n1. The third kappa shape index (κ3) is 4.85. The molecule has 1 N–H and O–H groups in total. The molecule has 37 heavy (non-hydrogen) atoms. The zero-order valence-corrected chi connectivity index (χ0v) is 21.0. The highest BCUT2D eigenvalue weighted by molar-refractivity contribution is 5.91. The van der Waals surface area contributed by atoms with Crippen LogP contribution in [0.5, 0.6) is 0 Å². The van der Waals surface area contributed by atoms with Crippen LogP contribution in [0.3, 0.4) is 0 Å². The number of likely N-dealkylation sites (N-methyl/N-ethyl adjacent to an activating group) is 1. The van der Waals surface area contributed by atoms with Crippen molar-refractivity contribution in [3.8, 4) is 11.3 Å². The van der Waals surface area contributed by atoms with Gasteiger partial charge in [-0.3, -0.25) is 0 Å². The molecule has 1 saturated heterocycles. The third-order valence-electron chi connectivity index (χ3n) is 6.65. The van der Waals surface area contributed by atoms with Gasteiger partial charge < -0.3 is 15.1 Å². The summed E-state index contributed by atoms with van der Waals surface area (Å²) in [4.78, 5) is 18.6. The van der Waals surface area contributed by atoms with Crippen LogP contribution in [0.25, 0.3) is 22.3 Å². The molecule has 1 aliphatic rings. The summed E-state index contributed by atoms with van der Waals surface area (Å²) < 4.78 is 3.70. The normalized spacial score (nSPS) is 14.4. The van der Waals surface area contributed by atoms with E-state index in [1.54, 1.807) is 7.05 Å². The molecule has 1 fully saturated rings. The fourth-order valence-corrected chi connectivity index (χ4v) is 4.56. The van der Waals surface area contributed by atoms with Gasteiger partial charge in [-0.2, -0.15) is 10.1 Å². The maximum Gasteiger partial charge on any atom is 0.224 e. The van der Waals surface area contributed by atoms with E-state index >= 15 is 0 Å². The quantitative estimate of drug-likeness (QED) is 0.364. The van der Waals surface area contributed by atoms with Crippen molar-refractivity contribution < 1.29 is 0 Å². The fourth-order valence-electron chi connectivity index (χ4n) is 4.56. The van der Waals surface area contributed by atoms with Gasteiger partial charge in [-0.1, -0.05) is 35.5 Å². The Morgan fingerprint density at radius 3 is 2.51 bits per heavy atom. The second-order valence-corrected chi connectivity index (χ2v) is 9.28. The lowest BCUT2D eigenvalue weighted by atomic mass is 10.1. The van der Waals surface area contributed by atoms with Crippen LogP contribution in [-0.4, -0.2) is 84.9 Å². The minimum atomic E-state index is 0.443. The first-order valence-corrected chi connectivity index (χ1v) is 12.4. The predicted molar refractivity (Wildman–Crippen MR) is 142 cm³/mol. The number of benzene rings is 1. The number of aromatic nitrogens is 8. The molecule has 1 aliphatic heterocycles. The Morgan fingerprint density at radius 2 is 1.76 bits per heavy atom. The molecule has 5 heterocycles. The van der Waals surface area contributed by atoms with Gasteiger partial charge in [-0.25, -0.2) is 19.3 Å². The van der Waals surface area contributed by atoms with Gasteiger partial charge >= 0.3 is 0 Å². The van der Waals surface area contributed by atoms with Crippen LogP contribution in [-0.2, 0) is 13.1 Å². The van der Waals surface area contributed by atoms with Gasteiger partial charge in [0.25, 0.3) is 0 Å². The molecule has 1 aromatic carbocycles. The van der Waals surface area contributed by atoms with Crippen LogP contribution < -0.4 is 10.2 Å². The maximum atomic E-state index is 4.92. The van der Waals surface area contributed by atoms with E-state index in [0.717, 1.165) is 60.0 Å². The van der Waals surface area contributed by atoms with E-state index in [2.05, 4.69) is 61.7 Å². The van der Waals surface area contributed by atoms with Crippen molar-refractivity contribution in [2.24, 2.45) is 0 Å². The molecule has 11 nitrogen and oxygen atoms in total. The molecule has 0 atom stereocenters. The number of piperazine rings is 1. The molecular weight excluding hydrogens is 466 g/mol. The van der Waals surface area contributed by atoms with E-state index in [1.807, 2.05) is 46.2 Å². The van der Waals surface area contributed by atoms with Crippen LogP contribution in [0.2, 0.25) is 0 Å². The molecule has 5 aromatic rings. The summed E-state index contributed by atoms with van der Waals surface area (Å²) in [5.41, 5.74) is 4.43. The Hall–Kier alpha value is -4.38. The van der Waals surface area contributed by atoms with Gasteiger partial charge in [0, 0.05) is 51.2 Å². The third-order valence-corrected chi connectivity index (χ3v) is 6.65. The molecule has 0 aliphatic carbocycles. The number of nitrogens with zero attached hydrogens (tertiary/aromatic N) is 10. The molecule has 0 bridgehead atoms. The largest absolute Gasteiger partial charge is 0.357 e. The van der Waals surface area contributed by atoms with Crippen LogP contribution >= 0.6 is 0 Å². The van der Waals surface area contributed by atoms with E-state index in [4.69, 9.17) is 15.1 Å². The number of hydrogen-bond acceptors (Lipinski definition) is 9. The first kappa shape index (κ1) is 23.0. The summed E-state index contributed by atoms with van der Waals surface area (Å²) in [5.74, 6) is 1.53. The van der Waals surface area contributed by atoms with Crippen molar-refractivity contribution in [1.82, 2.24) is 44.6 Å². The van der Waals surface area contributed by atoms with Crippen LogP contribution in [0, 0.1) is 0 Å². The molecule has 0 saturated carbocycles. The smallest absolute Gasteiger partial charge is 0.224 e. The van der Waals surface area contributed by atoms with Gasteiger partial charge in [0.05, 0.1) is 24.7 Å². The summed E-state index contributed by atoms with van der Waals surface area (Å²) >= 11 is 0. The summed E-state index contributed by atoms with van der Waals surface area (Å²) in [6.07, 6.45) is 5.66. The molecule has 11 heteroatoms. The predicted octanol–water partition coefficient (Wildman–Crippen LogP) is 2.37. The molecule has 4 aromatic heterocycles. The van der Waals surface area contributed by atoms with Crippen LogP contribution in [0.4, 0.5) is 11.8 Å². The number of hydrogen-bond donors (Lipinski definition) is 1. The molecule has 0 radical (unpaired) electrons. The van der Waals surface area contributed by atoms with Gasteiger partial charge in [0.2, 0.25) is 5.95 Å². The van der Waals surface area contributed by atoms with Crippen LogP contribution in [0.1, 0.15) is 11.3 Å². The number of pyridine rings is 1. The average Bonchev–Trinajstić information content (AvgIpc) is 3.53. The van der Waals surface area contributed by atoms with E-state index in [9.17, 15) is 0 Å². The maximum absolute atomic E-state index is 4.92. The highest BCUT2D eigenvalue weighted by Gasteiger charge is 2.19. The lowest BCUT2D eigenvalue weighted by Gasteiger charge is -2.33. The Morgan fingerprint density at radius 1 is 0.919 bits per heavy atom. The Labute approximate surface area is 214 Å². The molecule has 0 spiro atoms. The minimum Gasteiger partial charge on any atom is -0.357 e. The second-order valence-electron chi connectivity index (χ2n) is 9.28. The molecule has 0 amide bonds. The highest BCUT2D eigenvalue weighted by atomic mass is 15.4. The second kappa shape index (κ2) is 9.94. The first-order valence-electron chi connectivity index (χ1n) is 12.4. The summed E-state index contributed by atoms with van der Waals surface area (Å²) in [6.45, 7) is 5.14. The number of rotatable bonds is 7. The van der Waals surface area contributed by atoms with Crippen molar-refractivity contribution in [1.29, 1.82) is 0 Å². The van der Waals surface area contributed by atoms with Crippen LogP contribution in [0.15, 0.2) is 61.1 Å². The zero-order valence-electron chi connectivity index (χ0n) is 21.0. The van der Waals surface area contributed by atoms with Gasteiger partial charge in [0.1, 0.15) is 17.2 Å². The van der Waals surface area contributed by atoms with E-state index in [-0.39, 0.29) is 0 Å². The fraction of sp³-hybridized carbons (Fsp3) is 0.308. The summed E-state index contributed by atoms with van der Waals surface area (Å²) in [6, 6.07) is 14.4. The van der Waals surface area contributed by atoms with Crippen molar-refractivity contribution in [3.63, 3.8) is 0 Å². The summed E-state index contributed by atoms with van der Waals surface area (Å²) in [7, 11) is 3.96. The Kier molecular flexibility index (Phi) is 6.19. The van der Waals surface area contributed by atoms with E-state index in [1.165, 1.54) is 5.56 Å². The molecule has 6 rings (SSSR count). The van der Waals surface area contributed by atoms with Gasteiger partial charge in [-0.05, 0) is 24.7 Å². The standard InChI is InChI=1S/C26H29N11/c1-27-26-29-15-22-24(20-8-9-23(28-14-20)35-12-10-34(2)11-13-35)32-37(25(22)30-26)18-21-17-36(33-31-21)16-19-6-4-3-5-7-19/h3-9,14-15,17H,10-13,16,18H2,1-2H3,(H,27,29,30). The molecule has 188 valence electrons. The average molecular weight is 496 g/mol. The van der Waals surface area contributed by atoms with Crippen molar-refractivity contribution >= 4 is 22.8 Å². The zero-order chi connectivity index (χ0) is 25.2. The van der Waals surface area contributed by atoms with Crippen molar-refractivity contribution in [2.75, 3.05) is 50.5 Å². The number of fused-ring (bicyclic) bond motifs is 1. The lowest BCUT2D eigenvalue weighted by Crippen LogP contribution is -2.44. The van der Waals surface area contributed by atoms with Gasteiger partial charge in [-0.15, -0.1) is 5.10 Å². The highest BCUT2D eigenvalue weighted by Crippen LogP contribution is 2.28. The lowest BCUT2D eigenvalue weighted by molar-refractivity contribution is 0.312. The molecule has 0 unspecified atom stereocenters. The Bertz CT molecular complexity index is 1480.